The molecule has 5 nitrogen and oxygen atoms in total. The minimum atomic E-state index is -0.510. The molecule has 2 N–H and O–H groups in total. The Kier molecular flexibility index (Phi) is 6.24. The van der Waals surface area contributed by atoms with Gasteiger partial charge in [-0.05, 0) is 45.7 Å². The molecule has 2 unspecified atom stereocenters. The summed E-state index contributed by atoms with van der Waals surface area (Å²) in [6.07, 6.45) is 1.35. The summed E-state index contributed by atoms with van der Waals surface area (Å²) in [5.41, 5.74) is 0.562. The van der Waals surface area contributed by atoms with E-state index in [0.29, 0.717) is 6.61 Å². The number of hydrogen-bond donors (Lipinski definition) is 2. The zero-order valence-electron chi connectivity index (χ0n) is 15.2. The van der Waals surface area contributed by atoms with Crippen LogP contribution in [0.5, 0.6) is 0 Å². The monoisotopic (exact) mass is 334 g/mol. The van der Waals surface area contributed by atoms with Crippen molar-refractivity contribution >= 4 is 6.09 Å². The van der Waals surface area contributed by atoms with Crippen molar-refractivity contribution < 1.29 is 14.3 Å². The van der Waals surface area contributed by atoms with Gasteiger partial charge < -0.3 is 20.1 Å². The van der Waals surface area contributed by atoms with E-state index in [2.05, 4.69) is 22.8 Å². The van der Waals surface area contributed by atoms with E-state index < -0.39 is 5.60 Å². The molecule has 2 rings (SSSR count). The summed E-state index contributed by atoms with van der Waals surface area (Å²) in [5, 5.41) is 6.52. The average molecular weight is 334 g/mol. The van der Waals surface area contributed by atoms with Gasteiger partial charge in [0, 0.05) is 25.1 Å². The molecular formula is C19H30N2O3. The van der Waals surface area contributed by atoms with Crippen LogP contribution in [0, 0.1) is 5.41 Å². The van der Waals surface area contributed by atoms with Crippen molar-refractivity contribution in [1.82, 2.24) is 10.6 Å². The van der Waals surface area contributed by atoms with Gasteiger partial charge in [0.1, 0.15) is 5.60 Å². The highest BCUT2D eigenvalue weighted by molar-refractivity contribution is 5.68. The molecule has 1 aromatic carbocycles. The summed E-state index contributed by atoms with van der Waals surface area (Å²) < 4.78 is 11.0. The number of carbonyl (C=O) groups excluding carboxylic acids is 1. The van der Waals surface area contributed by atoms with Gasteiger partial charge in [-0.1, -0.05) is 30.3 Å². The molecule has 1 amide bonds. The van der Waals surface area contributed by atoms with Crippen molar-refractivity contribution in [2.24, 2.45) is 5.41 Å². The van der Waals surface area contributed by atoms with Crippen LogP contribution in [0.4, 0.5) is 4.79 Å². The standard InChI is InChI=1S/C19H30N2O3/c1-18(2,3)24-17(22)21-16(12-15-8-6-5-7-9-15)19(14-23-4)10-11-20-13-19/h5-9,16,20H,10-14H2,1-4H3,(H,21,22). The van der Waals surface area contributed by atoms with Crippen molar-refractivity contribution in [3.05, 3.63) is 35.9 Å². The minimum absolute atomic E-state index is 0.0512. The van der Waals surface area contributed by atoms with Crippen LogP contribution in [0.25, 0.3) is 0 Å². The minimum Gasteiger partial charge on any atom is -0.444 e. The van der Waals surface area contributed by atoms with Crippen LogP contribution in [0.3, 0.4) is 0 Å². The quantitative estimate of drug-likeness (QED) is 0.840. The molecule has 0 bridgehead atoms. The molecular weight excluding hydrogens is 304 g/mol. The molecule has 134 valence electrons. The third-order valence-electron chi connectivity index (χ3n) is 4.42. The summed E-state index contributed by atoms with van der Waals surface area (Å²) in [6.45, 7) is 7.99. The summed E-state index contributed by atoms with van der Waals surface area (Å²) >= 11 is 0. The van der Waals surface area contributed by atoms with Gasteiger partial charge in [0.15, 0.2) is 0 Å². The first-order valence-corrected chi connectivity index (χ1v) is 8.58. The second-order valence-electron chi connectivity index (χ2n) is 7.61. The van der Waals surface area contributed by atoms with Crippen molar-refractivity contribution in [3.63, 3.8) is 0 Å². The van der Waals surface area contributed by atoms with Crippen LogP contribution in [0.15, 0.2) is 30.3 Å². The average Bonchev–Trinajstić information content (AvgIpc) is 2.96. The van der Waals surface area contributed by atoms with Gasteiger partial charge in [-0.25, -0.2) is 4.79 Å². The first kappa shape index (κ1) is 18.7. The highest BCUT2D eigenvalue weighted by atomic mass is 16.6. The van der Waals surface area contributed by atoms with E-state index in [0.717, 1.165) is 25.9 Å². The van der Waals surface area contributed by atoms with E-state index in [1.807, 2.05) is 39.0 Å². The largest absolute Gasteiger partial charge is 0.444 e. The fourth-order valence-electron chi connectivity index (χ4n) is 3.29. The molecule has 5 heteroatoms. The second-order valence-corrected chi connectivity index (χ2v) is 7.61. The molecule has 1 aliphatic heterocycles. The molecule has 0 radical (unpaired) electrons. The molecule has 1 saturated heterocycles. The molecule has 1 heterocycles. The fraction of sp³-hybridized carbons (Fsp3) is 0.632. The Morgan fingerprint density at radius 3 is 2.58 bits per heavy atom. The molecule has 2 atom stereocenters. The van der Waals surface area contributed by atoms with Gasteiger partial charge >= 0.3 is 6.09 Å². The Morgan fingerprint density at radius 2 is 2.04 bits per heavy atom. The predicted octanol–water partition coefficient (Wildman–Crippen LogP) is 2.75. The first-order chi connectivity index (χ1) is 11.3. The maximum Gasteiger partial charge on any atom is 0.407 e. The van der Waals surface area contributed by atoms with Crippen LogP contribution >= 0.6 is 0 Å². The normalized spacial score (nSPS) is 22.2. The van der Waals surface area contributed by atoms with Crippen molar-refractivity contribution in [1.29, 1.82) is 0 Å². The zero-order valence-corrected chi connectivity index (χ0v) is 15.2. The number of hydrogen-bond acceptors (Lipinski definition) is 4. The number of ether oxygens (including phenoxy) is 2. The topological polar surface area (TPSA) is 59.6 Å². The summed E-state index contributed by atoms with van der Waals surface area (Å²) in [5.74, 6) is 0. The Morgan fingerprint density at radius 1 is 1.33 bits per heavy atom. The number of carbonyl (C=O) groups is 1. The lowest BCUT2D eigenvalue weighted by Gasteiger charge is -2.37. The van der Waals surface area contributed by atoms with Crippen LogP contribution in [-0.4, -0.2) is 44.5 Å². The molecule has 24 heavy (non-hydrogen) atoms. The van der Waals surface area contributed by atoms with Crippen molar-refractivity contribution in [2.45, 2.75) is 45.3 Å². The Labute approximate surface area is 145 Å². The van der Waals surface area contributed by atoms with E-state index >= 15 is 0 Å². The van der Waals surface area contributed by atoms with Crippen LogP contribution in [0.2, 0.25) is 0 Å². The second kappa shape index (κ2) is 7.99. The molecule has 1 aromatic rings. The Hall–Kier alpha value is -1.59. The summed E-state index contributed by atoms with van der Waals surface area (Å²) in [4.78, 5) is 12.4. The molecule has 0 spiro atoms. The maximum atomic E-state index is 12.4. The van der Waals surface area contributed by atoms with Crippen LogP contribution < -0.4 is 10.6 Å². The molecule has 0 aromatic heterocycles. The number of benzene rings is 1. The van der Waals surface area contributed by atoms with Gasteiger partial charge in [-0.2, -0.15) is 0 Å². The smallest absolute Gasteiger partial charge is 0.407 e. The molecule has 0 saturated carbocycles. The van der Waals surface area contributed by atoms with Gasteiger partial charge in [0.25, 0.3) is 0 Å². The van der Waals surface area contributed by atoms with E-state index in [1.165, 1.54) is 5.56 Å². The highest BCUT2D eigenvalue weighted by Crippen LogP contribution is 2.32. The lowest BCUT2D eigenvalue weighted by molar-refractivity contribution is 0.0313. The van der Waals surface area contributed by atoms with E-state index in [9.17, 15) is 4.79 Å². The SMILES string of the molecule is COCC1(C(Cc2ccccc2)NC(=O)OC(C)(C)C)CCNC1. The molecule has 0 aliphatic carbocycles. The van der Waals surface area contributed by atoms with E-state index in [1.54, 1.807) is 7.11 Å². The molecule has 1 fully saturated rings. The first-order valence-electron chi connectivity index (χ1n) is 8.58. The van der Waals surface area contributed by atoms with Crippen LogP contribution in [0.1, 0.15) is 32.8 Å². The maximum absolute atomic E-state index is 12.4. The predicted molar refractivity (Wildman–Crippen MR) is 95.1 cm³/mol. The summed E-state index contributed by atoms with van der Waals surface area (Å²) in [7, 11) is 1.72. The zero-order chi connectivity index (χ0) is 17.6. The Balaban J connectivity index is 2.18. The van der Waals surface area contributed by atoms with E-state index in [-0.39, 0.29) is 17.6 Å². The number of methoxy groups -OCH3 is 1. The number of amides is 1. The van der Waals surface area contributed by atoms with Gasteiger partial charge in [-0.15, -0.1) is 0 Å². The lowest BCUT2D eigenvalue weighted by Crippen LogP contribution is -2.53. The third kappa shape index (κ3) is 5.21. The number of alkyl carbamates (subject to hydrolysis) is 1. The van der Waals surface area contributed by atoms with Gasteiger partial charge in [0.05, 0.1) is 6.61 Å². The fourth-order valence-corrected chi connectivity index (χ4v) is 3.29. The van der Waals surface area contributed by atoms with Gasteiger partial charge in [-0.3, -0.25) is 0 Å². The summed E-state index contributed by atoms with van der Waals surface area (Å²) in [6, 6.07) is 10.2. The van der Waals surface area contributed by atoms with Crippen molar-refractivity contribution in [2.75, 3.05) is 26.8 Å². The van der Waals surface area contributed by atoms with Crippen LogP contribution in [-0.2, 0) is 15.9 Å². The number of nitrogens with one attached hydrogen (secondary N) is 2. The van der Waals surface area contributed by atoms with Crippen molar-refractivity contribution in [3.8, 4) is 0 Å². The highest BCUT2D eigenvalue weighted by Gasteiger charge is 2.42. The lowest BCUT2D eigenvalue weighted by atomic mass is 9.77. The van der Waals surface area contributed by atoms with E-state index in [4.69, 9.17) is 9.47 Å². The third-order valence-corrected chi connectivity index (χ3v) is 4.42. The number of rotatable bonds is 6. The van der Waals surface area contributed by atoms with Gasteiger partial charge in [0.2, 0.25) is 0 Å². The molecule has 1 aliphatic rings. The Bertz CT molecular complexity index is 519.